The molecule has 5 heteroatoms. The third-order valence-corrected chi connectivity index (χ3v) is 3.16. The quantitative estimate of drug-likeness (QED) is 0.853. The first kappa shape index (κ1) is 14.2. The molecule has 0 spiro atoms. The molecule has 0 atom stereocenters. The fourth-order valence-corrected chi connectivity index (χ4v) is 2.21. The van der Waals surface area contributed by atoms with Crippen LogP contribution in [-0.4, -0.2) is 31.8 Å². The number of anilines is 1. The molecule has 0 fully saturated rings. The fraction of sp³-hybridized carbons (Fsp3) is 0.500. The van der Waals surface area contributed by atoms with E-state index in [-0.39, 0.29) is 12.0 Å². The number of rotatable bonds is 4. The van der Waals surface area contributed by atoms with Gasteiger partial charge in [-0.1, -0.05) is 17.7 Å². The van der Waals surface area contributed by atoms with Gasteiger partial charge in [0.15, 0.2) is 5.75 Å². The molecule has 0 aliphatic carbocycles. The molecule has 4 nitrogen and oxygen atoms in total. The molecule has 1 aliphatic heterocycles. The number of benzene rings is 1. The number of para-hydroxylation sites is 1. The highest BCUT2D eigenvalue weighted by molar-refractivity contribution is 6.32. The van der Waals surface area contributed by atoms with Gasteiger partial charge >= 0.3 is 0 Å². The normalized spacial score (nSPS) is 14.2. The minimum atomic E-state index is 0.0347. The molecule has 1 heterocycles. The molecule has 0 saturated heterocycles. The summed E-state index contributed by atoms with van der Waals surface area (Å²) in [5, 5.41) is 0.536. The number of amides is 1. The van der Waals surface area contributed by atoms with Crippen LogP contribution in [0.1, 0.15) is 20.3 Å². The van der Waals surface area contributed by atoms with Crippen LogP contribution in [0.25, 0.3) is 0 Å². The molecule has 2 rings (SSSR count). The summed E-state index contributed by atoms with van der Waals surface area (Å²) in [6.45, 7) is 5.35. The maximum absolute atomic E-state index is 12.2. The Hall–Kier alpha value is -1.26. The Balaban J connectivity index is 2.06. The smallest absolute Gasteiger partial charge is 0.229 e. The van der Waals surface area contributed by atoms with E-state index in [1.165, 1.54) is 0 Å². The molecule has 19 heavy (non-hydrogen) atoms. The van der Waals surface area contributed by atoms with Gasteiger partial charge in [0.2, 0.25) is 5.91 Å². The van der Waals surface area contributed by atoms with Crippen LogP contribution in [0.4, 0.5) is 5.69 Å². The molecule has 0 unspecified atom stereocenters. The van der Waals surface area contributed by atoms with Crippen LogP contribution in [-0.2, 0) is 9.53 Å². The molecule has 1 aliphatic rings. The summed E-state index contributed by atoms with van der Waals surface area (Å²) in [7, 11) is 0. The largest absolute Gasteiger partial charge is 0.488 e. The van der Waals surface area contributed by atoms with Gasteiger partial charge in [0.1, 0.15) is 6.61 Å². The van der Waals surface area contributed by atoms with Crippen molar-refractivity contribution in [1.82, 2.24) is 0 Å². The fourth-order valence-electron chi connectivity index (χ4n) is 1.99. The van der Waals surface area contributed by atoms with Crippen LogP contribution in [0.5, 0.6) is 5.75 Å². The maximum atomic E-state index is 12.2. The highest BCUT2D eigenvalue weighted by Crippen LogP contribution is 2.37. The highest BCUT2D eigenvalue weighted by Gasteiger charge is 2.24. The van der Waals surface area contributed by atoms with Crippen molar-refractivity contribution in [1.29, 1.82) is 0 Å². The van der Waals surface area contributed by atoms with Crippen molar-refractivity contribution in [3.8, 4) is 5.75 Å². The van der Waals surface area contributed by atoms with Gasteiger partial charge in [0.05, 0.1) is 36.4 Å². The van der Waals surface area contributed by atoms with Crippen LogP contribution in [0.2, 0.25) is 5.02 Å². The van der Waals surface area contributed by atoms with E-state index in [1.54, 1.807) is 11.0 Å². The van der Waals surface area contributed by atoms with E-state index >= 15 is 0 Å². The molecule has 104 valence electrons. The molecular weight excluding hydrogens is 266 g/mol. The second-order valence-electron chi connectivity index (χ2n) is 4.65. The van der Waals surface area contributed by atoms with Crippen molar-refractivity contribution in [2.45, 2.75) is 26.4 Å². The zero-order chi connectivity index (χ0) is 13.8. The number of hydrogen-bond acceptors (Lipinski definition) is 3. The first-order valence-corrected chi connectivity index (χ1v) is 6.80. The second-order valence-corrected chi connectivity index (χ2v) is 5.06. The van der Waals surface area contributed by atoms with Crippen LogP contribution < -0.4 is 9.64 Å². The first-order valence-electron chi connectivity index (χ1n) is 6.43. The molecule has 1 amide bonds. The third-order valence-electron chi connectivity index (χ3n) is 2.87. The lowest BCUT2D eigenvalue weighted by molar-refractivity contribution is -0.120. The van der Waals surface area contributed by atoms with E-state index in [0.29, 0.717) is 37.0 Å². The van der Waals surface area contributed by atoms with Crippen LogP contribution in [0.15, 0.2) is 18.2 Å². The van der Waals surface area contributed by atoms with Gasteiger partial charge in [-0.15, -0.1) is 0 Å². The number of hydrogen-bond donors (Lipinski definition) is 0. The number of carbonyl (C=O) groups is 1. The zero-order valence-corrected chi connectivity index (χ0v) is 11.9. The summed E-state index contributed by atoms with van der Waals surface area (Å²) in [4.78, 5) is 13.9. The van der Waals surface area contributed by atoms with E-state index in [4.69, 9.17) is 21.1 Å². The maximum Gasteiger partial charge on any atom is 0.229 e. The minimum absolute atomic E-state index is 0.0347. The summed E-state index contributed by atoms with van der Waals surface area (Å²) < 4.78 is 10.9. The van der Waals surface area contributed by atoms with Crippen molar-refractivity contribution in [2.24, 2.45) is 0 Å². The predicted octanol–water partition coefficient (Wildman–Crippen LogP) is 2.88. The lowest BCUT2D eigenvalue weighted by atomic mass is 10.2. The van der Waals surface area contributed by atoms with Crippen molar-refractivity contribution in [2.75, 3.05) is 24.7 Å². The summed E-state index contributed by atoms with van der Waals surface area (Å²) >= 11 is 6.07. The van der Waals surface area contributed by atoms with Crippen LogP contribution in [0, 0.1) is 0 Å². The molecule has 0 saturated carbocycles. The van der Waals surface area contributed by atoms with E-state index in [1.807, 2.05) is 26.0 Å². The molecule has 0 bridgehead atoms. The van der Waals surface area contributed by atoms with E-state index < -0.39 is 0 Å². The Morgan fingerprint density at radius 2 is 2.32 bits per heavy atom. The van der Waals surface area contributed by atoms with Gasteiger partial charge in [-0.3, -0.25) is 4.79 Å². The lowest BCUT2D eigenvalue weighted by Crippen LogP contribution is -2.38. The lowest BCUT2D eigenvalue weighted by Gasteiger charge is -2.30. The Bertz CT molecular complexity index is 462. The van der Waals surface area contributed by atoms with Gasteiger partial charge in [-0.05, 0) is 26.0 Å². The number of nitrogens with zero attached hydrogens (tertiary/aromatic N) is 1. The van der Waals surface area contributed by atoms with Gasteiger partial charge < -0.3 is 14.4 Å². The van der Waals surface area contributed by atoms with Crippen molar-refractivity contribution in [3.05, 3.63) is 23.2 Å². The Labute approximate surface area is 118 Å². The summed E-state index contributed by atoms with van der Waals surface area (Å²) in [6, 6.07) is 5.43. The van der Waals surface area contributed by atoms with Crippen molar-refractivity contribution < 1.29 is 14.3 Å². The Morgan fingerprint density at radius 1 is 1.53 bits per heavy atom. The Kier molecular flexibility index (Phi) is 4.66. The topological polar surface area (TPSA) is 38.8 Å². The summed E-state index contributed by atoms with van der Waals surface area (Å²) in [6.07, 6.45) is 0.503. The average Bonchev–Trinajstić information content (AvgIpc) is 2.38. The number of ether oxygens (including phenoxy) is 2. The van der Waals surface area contributed by atoms with Gasteiger partial charge in [-0.2, -0.15) is 0 Å². The average molecular weight is 284 g/mol. The molecule has 1 aromatic carbocycles. The molecule has 0 aromatic heterocycles. The number of halogens is 1. The second kappa shape index (κ2) is 6.26. The SMILES string of the molecule is CC(C)OCCC(=O)N1CCOc2c(Cl)cccc21. The third kappa shape index (κ3) is 3.39. The number of fused-ring (bicyclic) bond motifs is 1. The standard InChI is InChI=1S/C14H18ClNO3/c1-10(2)18-8-6-13(17)16-7-9-19-14-11(15)4-3-5-12(14)16/h3-5,10H,6-9H2,1-2H3. The highest BCUT2D eigenvalue weighted by atomic mass is 35.5. The predicted molar refractivity (Wildman–Crippen MR) is 75.0 cm³/mol. The van der Waals surface area contributed by atoms with Crippen molar-refractivity contribution >= 4 is 23.2 Å². The Morgan fingerprint density at radius 3 is 3.05 bits per heavy atom. The minimum Gasteiger partial charge on any atom is -0.488 e. The first-order chi connectivity index (χ1) is 9.09. The summed E-state index contributed by atoms with van der Waals surface area (Å²) in [5.74, 6) is 0.626. The number of carbonyl (C=O) groups excluding carboxylic acids is 1. The zero-order valence-electron chi connectivity index (χ0n) is 11.2. The molecule has 0 N–H and O–H groups in total. The van der Waals surface area contributed by atoms with Gasteiger partial charge in [0.25, 0.3) is 0 Å². The van der Waals surface area contributed by atoms with Gasteiger partial charge in [0, 0.05) is 0 Å². The molecular formula is C14H18ClNO3. The van der Waals surface area contributed by atoms with Gasteiger partial charge in [-0.25, -0.2) is 0 Å². The monoisotopic (exact) mass is 283 g/mol. The van der Waals surface area contributed by atoms with E-state index in [2.05, 4.69) is 0 Å². The van der Waals surface area contributed by atoms with E-state index in [0.717, 1.165) is 5.69 Å². The van der Waals surface area contributed by atoms with Crippen LogP contribution >= 0.6 is 11.6 Å². The molecule has 0 radical (unpaired) electrons. The van der Waals surface area contributed by atoms with Crippen LogP contribution in [0.3, 0.4) is 0 Å². The summed E-state index contributed by atoms with van der Waals surface area (Å²) in [5.41, 5.74) is 0.744. The molecule has 1 aromatic rings. The van der Waals surface area contributed by atoms with E-state index in [9.17, 15) is 4.79 Å². The van der Waals surface area contributed by atoms with Crippen molar-refractivity contribution in [3.63, 3.8) is 0 Å².